The average Bonchev–Trinajstić information content (AvgIpc) is 2.72. The van der Waals surface area contributed by atoms with Crippen LogP contribution in [0.1, 0.15) is 26.2 Å². The summed E-state index contributed by atoms with van der Waals surface area (Å²) < 4.78 is 0. The van der Waals surface area contributed by atoms with Crippen molar-refractivity contribution in [3.8, 4) is 0 Å². The van der Waals surface area contributed by atoms with E-state index in [0.29, 0.717) is 6.04 Å². The van der Waals surface area contributed by atoms with Gasteiger partial charge < -0.3 is 10.2 Å². The zero-order valence-electron chi connectivity index (χ0n) is 11.4. The van der Waals surface area contributed by atoms with E-state index < -0.39 is 0 Å². The van der Waals surface area contributed by atoms with E-state index in [1.165, 1.54) is 19.3 Å². The zero-order chi connectivity index (χ0) is 12.8. The third-order valence-corrected chi connectivity index (χ3v) is 3.46. The Kier molecular flexibility index (Phi) is 5.42. The van der Waals surface area contributed by atoms with Gasteiger partial charge in [0.1, 0.15) is 0 Å². The van der Waals surface area contributed by atoms with E-state index in [0.717, 1.165) is 23.9 Å². The maximum absolute atomic E-state index is 4.18. The fourth-order valence-corrected chi connectivity index (χ4v) is 2.39. The molecule has 2 unspecified atom stereocenters. The van der Waals surface area contributed by atoms with Crippen molar-refractivity contribution >= 4 is 6.21 Å². The SMILES string of the molecule is C=C(C)N=CC(=C)N(C)CC1CCCC1NC. The van der Waals surface area contributed by atoms with Crippen molar-refractivity contribution in [2.24, 2.45) is 10.9 Å². The lowest BCUT2D eigenvalue weighted by Crippen LogP contribution is -2.36. The van der Waals surface area contributed by atoms with E-state index in [1.54, 1.807) is 6.21 Å². The van der Waals surface area contributed by atoms with Crippen molar-refractivity contribution in [1.29, 1.82) is 0 Å². The monoisotopic (exact) mass is 235 g/mol. The summed E-state index contributed by atoms with van der Waals surface area (Å²) in [5.74, 6) is 0.722. The van der Waals surface area contributed by atoms with Crippen LogP contribution in [0.2, 0.25) is 0 Å². The Morgan fingerprint density at radius 3 is 2.76 bits per heavy atom. The second kappa shape index (κ2) is 6.60. The molecule has 0 aromatic rings. The summed E-state index contributed by atoms with van der Waals surface area (Å²) in [4.78, 5) is 6.37. The Labute approximate surface area is 105 Å². The minimum absolute atomic E-state index is 0.656. The lowest BCUT2D eigenvalue weighted by molar-refractivity contribution is 0.310. The van der Waals surface area contributed by atoms with Crippen molar-refractivity contribution in [2.45, 2.75) is 32.2 Å². The summed E-state index contributed by atoms with van der Waals surface area (Å²) in [6.07, 6.45) is 5.73. The Morgan fingerprint density at radius 2 is 2.18 bits per heavy atom. The van der Waals surface area contributed by atoms with Gasteiger partial charge in [-0.2, -0.15) is 0 Å². The van der Waals surface area contributed by atoms with Gasteiger partial charge in [0.15, 0.2) is 0 Å². The quantitative estimate of drug-likeness (QED) is 0.716. The number of nitrogens with zero attached hydrogens (tertiary/aromatic N) is 2. The summed E-state index contributed by atoms with van der Waals surface area (Å²) in [6, 6.07) is 0.656. The predicted molar refractivity (Wildman–Crippen MR) is 75.3 cm³/mol. The Bertz CT molecular complexity index is 307. The van der Waals surface area contributed by atoms with Crippen LogP contribution >= 0.6 is 0 Å². The van der Waals surface area contributed by atoms with E-state index in [4.69, 9.17) is 0 Å². The molecule has 0 aromatic carbocycles. The average molecular weight is 235 g/mol. The highest BCUT2D eigenvalue weighted by Crippen LogP contribution is 2.26. The number of allylic oxidation sites excluding steroid dienone is 2. The minimum Gasteiger partial charge on any atom is -0.373 e. The molecule has 0 amide bonds. The van der Waals surface area contributed by atoms with Crippen molar-refractivity contribution in [3.63, 3.8) is 0 Å². The van der Waals surface area contributed by atoms with Crippen LogP contribution in [-0.2, 0) is 0 Å². The molecule has 0 aromatic heterocycles. The van der Waals surface area contributed by atoms with Gasteiger partial charge in [-0.05, 0) is 32.7 Å². The van der Waals surface area contributed by atoms with Gasteiger partial charge in [0.2, 0.25) is 0 Å². The smallest absolute Gasteiger partial charge is 0.0498 e. The number of hydrogen-bond donors (Lipinski definition) is 1. The van der Waals surface area contributed by atoms with Gasteiger partial charge in [0.05, 0.1) is 0 Å². The van der Waals surface area contributed by atoms with E-state index in [-0.39, 0.29) is 0 Å². The molecular weight excluding hydrogens is 210 g/mol. The van der Waals surface area contributed by atoms with Crippen LogP contribution in [0.15, 0.2) is 29.5 Å². The predicted octanol–water partition coefficient (Wildman–Crippen LogP) is 2.42. The molecule has 0 heterocycles. The summed E-state index contributed by atoms with van der Waals surface area (Å²) >= 11 is 0. The van der Waals surface area contributed by atoms with E-state index in [2.05, 4.69) is 42.5 Å². The van der Waals surface area contributed by atoms with Gasteiger partial charge >= 0.3 is 0 Å². The first-order valence-corrected chi connectivity index (χ1v) is 6.31. The molecule has 0 bridgehead atoms. The molecule has 3 nitrogen and oxygen atoms in total. The lowest BCUT2D eigenvalue weighted by Gasteiger charge is -2.26. The molecule has 1 N–H and O–H groups in total. The van der Waals surface area contributed by atoms with Gasteiger partial charge in [-0.15, -0.1) is 0 Å². The molecule has 0 radical (unpaired) electrons. The third kappa shape index (κ3) is 4.35. The zero-order valence-corrected chi connectivity index (χ0v) is 11.4. The standard InChI is InChI=1S/C14H25N3/c1-11(2)16-9-12(3)17(5)10-13-7-6-8-14(13)15-4/h9,13-15H,1,3,6-8,10H2,2,4-5H3. The molecular formula is C14H25N3. The molecule has 0 aliphatic heterocycles. The first-order chi connectivity index (χ1) is 8.04. The van der Waals surface area contributed by atoms with E-state index in [1.807, 2.05) is 6.92 Å². The maximum atomic E-state index is 4.18. The van der Waals surface area contributed by atoms with Crippen LogP contribution in [0.5, 0.6) is 0 Å². The van der Waals surface area contributed by atoms with Gasteiger partial charge in [-0.1, -0.05) is 19.6 Å². The molecule has 96 valence electrons. The summed E-state index contributed by atoms with van der Waals surface area (Å²) in [5.41, 5.74) is 1.77. The molecule has 17 heavy (non-hydrogen) atoms. The summed E-state index contributed by atoms with van der Waals surface area (Å²) in [6.45, 7) is 10.7. The maximum Gasteiger partial charge on any atom is 0.0498 e. The van der Waals surface area contributed by atoms with Gasteiger partial charge in [-0.25, -0.2) is 0 Å². The molecule has 1 aliphatic carbocycles. The van der Waals surface area contributed by atoms with Crippen molar-refractivity contribution in [2.75, 3.05) is 20.6 Å². The molecule has 3 heteroatoms. The van der Waals surface area contributed by atoms with Gasteiger partial charge in [-0.3, -0.25) is 4.99 Å². The fourth-order valence-electron chi connectivity index (χ4n) is 2.39. The number of hydrogen-bond acceptors (Lipinski definition) is 3. The Balaban J connectivity index is 2.45. The number of nitrogens with one attached hydrogen (secondary N) is 1. The highest BCUT2D eigenvalue weighted by Gasteiger charge is 2.26. The normalized spacial score (nSPS) is 24.2. The second-order valence-electron chi connectivity index (χ2n) is 4.95. The second-order valence-corrected chi connectivity index (χ2v) is 4.95. The first-order valence-electron chi connectivity index (χ1n) is 6.31. The molecule has 1 saturated carbocycles. The summed E-state index contributed by atoms with van der Waals surface area (Å²) in [5, 5.41) is 3.40. The first kappa shape index (κ1) is 14.0. The molecule has 1 fully saturated rings. The lowest BCUT2D eigenvalue weighted by atomic mass is 10.0. The number of rotatable bonds is 6. The number of aliphatic imine (C=N–C) groups is 1. The Morgan fingerprint density at radius 1 is 1.47 bits per heavy atom. The topological polar surface area (TPSA) is 27.6 Å². The molecule has 2 atom stereocenters. The fraction of sp³-hybridized carbons (Fsp3) is 0.643. The van der Waals surface area contributed by atoms with Crippen LogP contribution in [0.25, 0.3) is 0 Å². The van der Waals surface area contributed by atoms with Crippen molar-refractivity contribution < 1.29 is 0 Å². The van der Waals surface area contributed by atoms with Gasteiger partial charge in [0, 0.05) is 37.2 Å². The van der Waals surface area contributed by atoms with Crippen LogP contribution in [0.4, 0.5) is 0 Å². The largest absolute Gasteiger partial charge is 0.373 e. The van der Waals surface area contributed by atoms with Crippen LogP contribution in [-0.4, -0.2) is 37.8 Å². The highest BCUT2D eigenvalue weighted by atomic mass is 15.1. The Hall–Kier alpha value is -1.09. The van der Waals surface area contributed by atoms with Gasteiger partial charge in [0.25, 0.3) is 0 Å². The molecule has 0 saturated heterocycles. The van der Waals surface area contributed by atoms with Crippen LogP contribution < -0.4 is 5.32 Å². The third-order valence-electron chi connectivity index (χ3n) is 3.46. The summed E-state index contributed by atoms with van der Waals surface area (Å²) in [7, 11) is 4.14. The molecule has 1 aliphatic rings. The molecule has 1 rings (SSSR count). The van der Waals surface area contributed by atoms with Crippen molar-refractivity contribution in [1.82, 2.24) is 10.2 Å². The highest BCUT2D eigenvalue weighted by molar-refractivity contribution is 5.77. The van der Waals surface area contributed by atoms with E-state index >= 15 is 0 Å². The molecule has 0 spiro atoms. The van der Waals surface area contributed by atoms with Crippen LogP contribution in [0.3, 0.4) is 0 Å². The van der Waals surface area contributed by atoms with E-state index in [9.17, 15) is 0 Å². The van der Waals surface area contributed by atoms with Crippen LogP contribution in [0, 0.1) is 5.92 Å². The van der Waals surface area contributed by atoms with Crippen molar-refractivity contribution in [3.05, 3.63) is 24.6 Å². The minimum atomic E-state index is 0.656.